The molecule has 3 heteroatoms. The molecule has 1 fully saturated rings. The molecule has 1 aliphatic carbocycles. The van der Waals surface area contributed by atoms with Crippen LogP contribution in [0.1, 0.15) is 5.56 Å². The van der Waals surface area contributed by atoms with Gasteiger partial charge >= 0.3 is 0 Å². The molecule has 0 radical (unpaired) electrons. The molecular weight excluding hydrogens is 385 g/mol. The highest BCUT2D eigenvalue weighted by Gasteiger charge is 2.24. The van der Waals surface area contributed by atoms with Crippen molar-refractivity contribution in [2.75, 3.05) is 6.61 Å². The SMILES string of the molecule is C1=C/C(=C2/[N-][C@@H](Cc3ccccc3)CO2)C(P(c2ccccc2)c2ccccc2)=C1. The maximum atomic E-state index is 6.11. The number of hydrogen-bond acceptors (Lipinski definition) is 1. The molecule has 0 unspecified atom stereocenters. The van der Waals surface area contributed by atoms with E-state index in [1.807, 2.05) is 0 Å². The van der Waals surface area contributed by atoms with Gasteiger partial charge in [0.15, 0.2) is 0 Å². The molecule has 2 nitrogen and oxygen atoms in total. The predicted octanol–water partition coefficient (Wildman–Crippen LogP) is 5.80. The quantitative estimate of drug-likeness (QED) is 0.490. The van der Waals surface area contributed by atoms with E-state index < -0.39 is 7.92 Å². The van der Waals surface area contributed by atoms with Crippen LogP contribution in [0.2, 0.25) is 0 Å². The average Bonchev–Trinajstić information content (AvgIpc) is 3.46. The smallest absolute Gasteiger partial charge is 0.0727 e. The molecule has 5 rings (SSSR count). The van der Waals surface area contributed by atoms with Crippen molar-refractivity contribution < 1.29 is 4.74 Å². The summed E-state index contributed by atoms with van der Waals surface area (Å²) in [4.78, 5) is 0. The van der Waals surface area contributed by atoms with Crippen molar-refractivity contribution in [3.63, 3.8) is 0 Å². The van der Waals surface area contributed by atoms with E-state index in [4.69, 9.17) is 10.1 Å². The Kier molecular flexibility index (Phi) is 5.50. The summed E-state index contributed by atoms with van der Waals surface area (Å²) < 4.78 is 6.11. The van der Waals surface area contributed by atoms with Crippen molar-refractivity contribution in [2.45, 2.75) is 12.5 Å². The standard InChI is InChI=1S/C27H23NOP/c1-4-11-21(12-5-1)19-22-20-29-27(28-22)25-17-10-18-26(25)30(23-13-6-2-7-14-23)24-15-8-3-9-16-24/h1-18,22H,19-20H2/q-1/b27-25+/t22-/m0/s1. The van der Waals surface area contributed by atoms with E-state index in [0.717, 1.165) is 17.9 Å². The van der Waals surface area contributed by atoms with Crippen LogP contribution in [0.5, 0.6) is 0 Å². The highest BCUT2D eigenvalue weighted by molar-refractivity contribution is 7.77. The predicted molar refractivity (Wildman–Crippen MR) is 127 cm³/mol. The largest absolute Gasteiger partial charge is 0.648 e. The summed E-state index contributed by atoms with van der Waals surface area (Å²) in [6.45, 7) is 0.642. The van der Waals surface area contributed by atoms with Crippen LogP contribution in [-0.4, -0.2) is 12.6 Å². The Labute approximate surface area is 179 Å². The third-order valence-corrected chi connectivity index (χ3v) is 7.82. The maximum absolute atomic E-state index is 6.11. The topological polar surface area (TPSA) is 23.3 Å². The van der Waals surface area contributed by atoms with Crippen molar-refractivity contribution in [3.05, 3.63) is 137 Å². The van der Waals surface area contributed by atoms with Crippen LogP contribution >= 0.6 is 7.92 Å². The first-order chi connectivity index (χ1) is 14.9. The van der Waals surface area contributed by atoms with Crippen molar-refractivity contribution in [1.29, 1.82) is 0 Å². The highest BCUT2D eigenvalue weighted by atomic mass is 31.1. The van der Waals surface area contributed by atoms with Gasteiger partial charge in [0, 0.05) is 11.5 Å². The van der Waals surface area contributed by atoms with Crippen LogP contribution in [0.4, 0.5) is 0 Å². The Hall–Kier alpha value is -3.09. The average molecular weight is 408 g/mol. The lowest BCUT2D eigenvalue weighted by molar-refractivity contribution is 0.254. The first-order valence-corrected chi connectivity index (χ1v) is 11.6. The molecule has 1 aliphatic heterocycles. The van der Waals surface area contributed by atoms with Crippen LogP contribution in [0, 0.1) is 0 Å². The minimum atomic E-state index is -0.669. The third kappa shape index (κ3) is 3.97. The lowest BCUT2D eigenvalue weighted by Crippen LogP contribution is -2.13. The lowest BCUT2D eigenvalue weighted by atomic mass is 10.1. The van der Waals surface area contributed by atoms with Crippen LogP contribution in [0.3, 0.4) is 0 Å². The maximum Gasteiger partial charge on any atom is 0.0727 e. The summed E-state index contributed by atoms with van der Waals surface area (Å²) >= 11 is 0. The summed E-state index contributed by atoms with van der Waals surface area (Å²) in [5.74, 6) is 0.787. The fourth-order valence-corrected chi connectivity index (χ4v) is 6.36. The minimum Gasteiger partial charge on any atom is -0.648 e. The summed E-state index contributed by atoms with van der Waals surface area (Å²) in [5, 5.41) is 8.94. The molecule has 1 heterocycles. The molecule has 2 aliphatic rings. The van der Waals surface area contributed by atoms with Gasteiger partial charge in [0.1, 0.15) is 0 Å². The van der Waals surface area contributed by atoms with E-state index in [1.165, 1.54) is 21.5 Å². The number of ether oxygens (including phenoxy) is 1. The van der Waals surface area contributed by atoms with Gasteiger partial charge in [0.05, 0.1) is 6.61 Å². The Morgan fingerprint density at radius 1 is 0.800 bits per heavy atom. The second kappa shape index (κ2) is 8.73. The van der Waals surface area contributed by atoms with Gasteiger partial charge in [-0.25, -0.2) is 0 Å². The zero-order valence-electron chi connectivity index (χ0n) is 16.7. The third-order valence-electron chi connectivity index (χ3n) is 5.32. The van der Waals surface area contributed by atoms with Crippen LogP contribution < -0.4 is 10.6 Å². The molecule has 30 heavy (non-hydrogen) atoms. The minimum absolute atomic E-state index is 0.171. The molecule has 0 amide bonds. The van der Waals surface area contributed by atoms with Crippen LogP contribution in [0.25, 0.3) is 5.32 Å². The zero-order valence-corrected chi connectivity index (χ0v) is 17.6. The normalized spacial score (nSPS) is 20.2. The monoisotopic (exact) mass is 408 g/mol. The molecule has 0 bridgehead atoms. The highest BCUT2D eigenvalue weighted by Crippen LogP contribution is 2.50. The number of rotatable bonds is 5. The van der Waals surface area contributed by atoms with Gasteiger partial charge in [-0.05, 0) is 35.8 Å². The van der Waals surface area contributed by atoms with E-state index >= 15 is 0 Å². The molecule has 0 aromatic heterocycles. The summed E-state index contributed by atoms with van der Waals surface area (Å²) in [6, 6.07) is 32.2. The number of allylic oxidation sites excluding steroid dienone is 5. The number of benzene rings is 3. The van der Waals surface area contributed by atoms with Gasteiger partial charge in [-0.2, -0.15) is 0 Å². The summed E-state index contributed by atoms with van der Waals surface area (Å²) in [7, 11) is -0.669. The Morgan fingerprint density at radius 3 is 2.03 bits per heavy atom. The van der Waals surface area contributed by atoms with Crippen LogP contribution in [-0.2, 0) is 11.2 Å². The fraction of sp³-hybridized carbons (Fsp3) is 0.111. The molecule has 1 saturated heterocycles. The molecule has 0 N–H and O–H groups in total. The van der Waals surface area contributed by atoms with E-state index in [1.54, 1.807) is 0 Å². The van der Waals surface area contributed by atoms with Crippen LogP contribution in [0.15, 0.2) is 126 Å². The molecule has 1 atom stereocenters. The van der Waals surface area contributed by atoms with Crippen molar-refractivity contribution in [1.82, 2.24) is 0 Å². The second-order valence-corrected chi connectivity index (χ2v) is 9.61. The van der Waals surface area contributed by atoms with Gasteiger partial charge in [-0.15, -0.1) is 0 Å². The number of hydrogen-bond donors (Lipinski definition) is 0. The van der Waals surface area contributed by atoms with Crippen molar-refractivity contribution >= 4 is 18.5 Å². The first kappa shape index (κ1) is 18.9. The van der Waals surface area contributed by atoms with E-state index in [0.29, 0.717) is 6.61 Å². The first-order valence-electron chi connectivity index (χ1n) is 10.3. The molecular formula is C27H23NOP-. The molecule has 3 aromatic carbocycles. The Balaban J connectivity index is 1.45. The van der Waals surface area contributed by atoms with Gasteiger partial charge in [-0.1, -0.05) is 115 Å². The Bertz CT molecular complexity index is 1050. The number of nitrogens with zero attached hydrogens (tertiary/aromatic N) is 1. The van der Waals surface area contributed by atoms with Gasteiger partial charge in [0.2, 0.25) is 0 Å². The van der Waals surface area contributed by atoms with Gasteiger partial charge in [0.25, 0.3) is 0 Å². The fourth-order valence-electron chi connectivity index (χ4n) is 3.92. The van der Waals surface area contributed by atoms with Crippen molar-refractivity contribution in [3.8, 4) is 0 Å². The second-order valence-electron chi connectivity index (χ2n) is 7.42. The van der Waals surface area contributed by atoms with E-state index in [2.05, 4.69) is 109 Å². The summed E-state index contributed by atoms with van der Waals surface area (Å²) in [6.07, 6.45) is 7.42. The van der Waals surface area contributed by atoms with E-state index in [-0.39, 0.29) is 6.04 Å². The molecule has 0 spiro atoms. The molecule has 148 valence electrons. The summed E-state index contributed by atoms with van der Waals surface area (Å²) in [5.41, 5.74) is 2.43. The Morgan fingerprint density at radius 2 is 1.40 bits per heavy atom. The lowest BCUT2D eigenvalue weighted by Gasteiger charge is -2.26. The van der Waals surface area contributed by atoms with Crippen molar-refractivity contribution in [2.24, 2.45) is 0 Å². The molecule has 3 aromatic rings. The molecule has 0 saturated carbocycles. The van der Waals surface area contributed by atoms with E-state index in [9.17, 15) is 0 Å². The zero-order chi connectivity index (χ0) is 20.2. The van der Waals surface area contributed by atoms with Gasteiger partial charge < -0.3 is 10.1 Å². The van der Waals surface area contributed by atoms with Gasteiger partial charge in [-0.3, -0.25) is 0 Å².